The number of hydrogen-bond donors (Lipinski definition) is 2. The van der Waals surface area contributed by atoms with Crippen LogP contribution in [0, 0.1) is 10.1 Å². The first-order valence-corrected chi connectivity index (χ1v) is 8.71. The van der Waals surface area contributed by atoms with Gasteiger partial charge in [-0.3, -0.25) is 10.1 Å². The van der Waals surface area contributed by atoms with Gasteiger partial charge in [-0.15, -0.1) is 0 Å². The molecule has 0 aromatic heterocycles. The zero-order valence-corrected chi connectivity index (χ0v) is 14.4. The fourth-order valence-corrected chi connectivity index (χ4v) is 3.14. The number of hydrogen-bond acceptors (Lipinski definition) is 4. The Morgan fingerprint density at radius 1 is 1.08 bits per heavy atom. The Bertz CT molecular complexity index is 743. The Kier molecular flexibility index (Phi) is 5.80. The monoisotopic (exact) mass is 354 g/mol. The minimum atomic E-state index is -0.467. The number of amides is 2. The van der Waals surface area contributed by atoms with Crippen molar-refractivity contribution in [2.45, 2.75) is 18.9 Å². The number of anilines is 1. The van der Waals surface area contributed by atoms with Crippen molar-refractivity contribution in [3.63, 3.8) is 0 Å². The average molecular weight is 354 g/mol. The molecule has 1 unspecified atom stereocenters. The van der Waals surface area contributed by atoms with Gasteiger partial charge in [0.2, 0.25) is 0 Å². The number of urea groups is 1. The lowest BCUT2D eigenvalue weighted by Gasteiger charge is -2.25. The van der Waals surface area contributed by atoms with Gasteiger partial charge in [-0.25, -0.2) is 4.79 Å². The molecule has 0 aliphatic carbocycles. The topological polar surface area (TPSA) is 87.5 Å². The van der Waals surface area contributed by atoms with Crippen molar-refractivity contribution in [3.8, 4) is 0 Å². The molecular weight excluding hydrogens is 332 g/mol. The zero-order valence-electron chi connectivity index (χ0n) is 14.4. The van der Waals surface area contributed by atoms with Gasteiger partial charge in [0.15, 0.2) is 0 Å². The zero-order chi connectivity index (χ0) is 18.4. The molecule has 1 aliphatic heterocycles. The summed E-state index contributed by atoms with van der Waals surface area (Å²) >= 11 is 0. The highest BCUT2D eigenvalue weighted by atomic mass is 16.6. The van der Waals surface area contributed by atoms with Crippen molar-refractivity contribution in [3.05, 3.63) is 70.3 Å². The minimum absolute atomic E-state index is 0.00727. The van der Waals surface area contributed by atoms with Gasteiger partial charge < -0.3 is 15.5 Å². The van der Waals surface area contributed by atoms with E-state index in [2.05, 4.69) is 15.5 Å². The maximum absolute atomic E-state index is 12.4. The van der Waals surface area contributed by atoms with E-state index < -0.39 is 4.92 Å². The highest BCUT2D eigenvalue weighted by Crippen LogP contribution is 2.19. The maximum atomic E-state index is 12.4. The van der Waals surface area contributed by atoms with Crippen LogP contribution in [0.25, 0.3) is 0 Å². The standard InChI is InChI=1S/C19H22N4O3/c24-19(20-16-8-10-17(11-9-16)23(25)26)21-18(14-22-12-4-5-13-22)15-6-2-1-3-7-15/h1-3,6-11,18H,4-5,12-14H2,(H2,20,21,24). The van der Waals surface area contributed by atoms with Crippen LogP contribution in [0.3, 0.4) is 0 Å². The maximum Gasteiger partial charge on any atom is 0.319 e. The Morgan fingerprint density at radius 3 is 2.35 bits per heavy atom. The molecular formula is C19H22N4O3. The van der Waals surface area contributed by atoms with Gasteiger partial charge in [-0.2, -0.15) is 0 Å². The number of carbonyl (C=O) groups is 1. The summed E-state index contributed by atoms with van der Waals surface area (Å²) in [7, 11) is 0. The molecule has 0 saturated carbocycles. The summed E-state index contributed by atoms with van der Waals surface area (Å²) in [5.74, 6) is 0. The van der Waals surface area contributed by atoms with E-state index in [4.69, 9.17) is 0 Å². The van der Waals surface area contributed by atoms with Crippen LogP contribution in [0.15, 0.2) is 54.6 Å². The lowest BCUT2D eigenvalue weighted by molar-refractivity contribution is -0.384. The van der Waals surface area contributed by atoms with E-state index >= 15 is 0 Å². The van der Waals surface area contributed by atoms with Gasteiger partial charge in [0.1, 0.15) is 0 Å². The molecule has 26 heavy (non-hydrogen) atoms. The molecule has 2 amide bonds. The van der Waals surface area contributed by atoms with Gasteiger partial charge in [0.05, 0.1) is 11.0 Å². The van der Waals surface area contributed by atoms with Crippen LogP contribution in [0.4, 0.5) is 16.2 Å². The number of carbonyl (C=O) groups excluding carboxylic acids is 1. The third kappa shape index (κ3) is 4.80. The van der Waals surface area contributed by atoms with Gasteiger partial charge in [0.25, 0.3) is 5.69 Å². The third-order valence-corrected chi connectivity index (χ3v) is 4.48. The quantitative estimate of drug-likeness (QED) is 0.613. The minimum Gasteiger partial charge on any atom is -0.330 e. The van der Waals surface area contributed by atoms with Gasteiger partial charge >= 0.3 is 6.03 Å². The van der Waals surface area contributed by atoms with E-state index in [1.165, 1.54) is 37.1 Å². The molecule has 2 aromatic rings. The van der Waals surface area contributed by atoms with Crippen molar-refractivity contribution in [1.29, 1.82) is 0 Å². The molecule has 1 fully saturated rings. The highest BCUT2D eigenvalue weighted by molar-refractivity contribution is 5.89. The predicted octanol–water partition coefficient (Wildman–Crippen LogP) is 3.55. The predicted molar refractivity (Wildman–Crippen MR) is 100 cm³/mol. The number of nitrogens with one attached hydrogen (secondary N) is 2. The van der Waals surface area contributed by atoms with E-state index in [-0.39, 0.29) is 17.8 Å². The summed E-state index contributed by atoms with van der Waals surface area (Å²) in [6.45, 7) is 2.86. The molecule has 2 N–H and O–H groups in total. The fraction of sp³-hybridized carbons (Fsp3) is 0.316. The largest absolute Gasteiger partial charge is 0.330 e. The highest BCUT2D eigenvalue weighted by Gasteiger charge is 2.20. The van der Waals surface area contributed by atoms with Crippen LogP contribution >= 0.6 is 0 Å². The van der Waals surface area contributed by atoms with Crippen molar-refractivity contribution in [2.75, 3.05) is 25.0 Å². The second-order valence-electron chi connectivity index (χ2n) is 6.37. The van der Waals surface area contributed by atoms with E-state index in [0.29, 0.717) is 5.69 Å². The van der Waals surface area contributed by atoms with Gasteiger partial charge in [-0.05, 0) is 43.6 Å². The van der Waals surface area contributed by atoms with Crippen LogP contribution in [0.2, 0.25) is 0 Å². The second kappa shape index (κ2) is 8.44. The molecule has 1 atom stereocenters. The van der Waals surface area contributed by atoms with Crippen LogP contribution in [0.5, 0.6) is 0 Å². The summed E-state index contributed by atoms with van der Waals surface area (Å²) in [6.07, 6.45) is 2.38. The number of non-ortho nitro benzene ring substituents is 1. The molecule has 0 spiro atoms. The Hall–Kier alpha value is -2.93. The molecule has 1 saturated heterocycles. The van der Waals surface area contributed by atoms with E-state index in [1.807, 2.05) is 30.3 Å². The fourth-order valence-electron chi connectivity index (χ4n) is 3.14. The smallest absolute Gasteiger partial charge is 0.319 e. The number of likely N-dealkylation sites (tertiary alicyclic amines) is 1. The molecule has 1 aliphatic rings. The summed E-state index contributed by atoms with van der Waals surface area (Å²) < 4.78 is 0. The Morgan fingerprint density at radius 2 is 1.73 bits per heavy atom. The Balaban J connectivity index is 1.65. The van der Waals surface area contributed by atoms with E-state index in [9.17, 15) is 14.9 Å². The van der Waals surface area contributed by atoms with Crippen molar-refractivity contribution >= 4 is 17.4 Å². The third-order valence-electron chi connectivity index (χ3n) is 4.48. The number of rotatable bonds is 6. The molecule has 7 heteroatoms. The number of nitro groups is 1. The lowest BCUT2D eigenvalue weighted by Crippen LogP contribution is -2.39. The van der Waals surface area contributed by atoms with Crippen LogP contribution < -0.4 is 10.6 Å². The summed E-state index contributed by atoms with van der Waals surface area (Å²) in [5.41, 5.74) is 1.56. The van der Waals surface area contributed by atoms with Gasteiger partial charge in [0, 0.05) is 24.4 Å². The van der Waals surface area contributed by atoms with Gasteiger partial charge in [-0.1, -0.05) is 30.3 Å². The molecule has 0 radical (unpaired) electrons. The number of benzene rings is 2. The van der Waals surface area contributed by atoms with Crippen LogP contribution in [-0.4, -0.2) is 35.5 Å². The number of nitro benzene ring substituents is 1. The lowest BCUT2D eigenvalue weighted by atomic mass is 10.1. The van der Waals surface area contributed by atoms with E-state index in [0.717, 1.165) is 25.2 Å². The molecule has 0 bridgehead atoms. The average Bonchev–Trinajstić information content (AvgIpc) is 3.15. The first-order chi connectivity index (χ1) is 12.6. The molecule has 136 valence electrons. The number of nitrogens with zero attached hydrogens (tertiary/aromatic N) is 2. The van der Waals surface area contributed by atoms with Crippen molar-refractivity contribution < 1.29 is 9.72 Å². The SMILES string of the molecule is O=C(Nc1ccc([N+](=O)[O-])cc1)NC(CN1CCCC1)c1ccccc1. The Labute approximate surface area is 152 Å². The first-order valence-electron chi connectivity index (χ1n) is 8.71. The first kappa shape index (κ1) is 17.9. The summed E-state index contributed by atoms with van der Waals surface area (Å²) in [5, 5.41) is 16.5. The summed E-state index contributed by atoms with van der Waals surface area (Å²) in [6, 6.07) is 15.2. The van der Waals surface area contributed by atoms with Crippen LogP contribution in [-0.2, 0) is 0 Å². The molecule has 1 heterocycles. The second-order valence-corrected chi connectivity index (χ2v) is 6.37. The molecule has 2 aromatic carbocycles. The van der Waals surface area contributed by atoms with Crippen LogP contribution in [0.1, 0.15) is 24.4 Å². The van der Waals surface area contributed by atoms with Crippen molar-refractivity contribution in [2.24, 2.45) is 0 Å². The molecule has 7 nitrogen and oxygen atoms in total. The van der Waals surface area contributed by atoms with Crippen molar-refractivity contribution in [1.82, 2.24) is 10.2 Å². The summed E-state index contributed by atoms with van der Waals surface area (Å²) in [4.78, 5) is 25.0. The van der Waals surface area contributed by atoms with E-state index in [1.54, 1.807) is 0 Å². The normalized spacial score (nSPS) is 15.4. The molecule has 3 rings (SSSR count).